The highest BCUT2D eigenvalue weighted by molar-refractivity contribution is 9.10. The van der Waals surface area contributed by atoms with E-state index in [1.807, 2.05) is 145 Å². The number of fused-ring (bicyclic) bond motifs is 6. The van der Waals surface area contributed by atoms with Crippen LogP contribution in [0.1, 0.15) is 22.3 Å². The minimum absolute atomic E-state index is 0.0887. The molecular weight excluding hydrogens is 746 g/mol. The van der Waals surface area contributed by atoms with Crippen molar-refractivity contribution >= 4 is 67.3 Å². The third-order valence-electron chi connectivity index (χ3n) is 8.91. The van der Waals surface area contributed by atoms with Crippen LogP contribution in [-0.4, -0.2) is 66.5 Å². The summed E-state index contributed by atoms with van der Waals surface area (Å²) in [6.07, 6.45) is 3.96. The van der Waals surface area contributed by atoms with Crippen molar-refractivity contribution < 1.29 is 0 Å². The van der Waals surface area contributed by atoms with Crippen molar-refractivity contribution in [3.63, 3.8) is 0 Å². The monoisotopic (exact) mass is 781 g/mol. The Balaban J connectivity index is 0.000000167. The number of allylic oxidation sites excluding steroid dienone is 1. The van der Waals surface area contributed by atoms with Gasteiger partial charge >= 0.3 is 0 Å². The molecule has 0 aliphatic carbocycles. The van der Waals surface area contributed by atoms with Gasteiger partial charge in [-0.05, 0) is 60.5 Å². The van der Waals surface area contributed by atoms with E-state index in [4.69, 9.17) is 5.26 Å². The van der Waals surface area contributed by atoms with Gasteiger partial charge in [-0.2, -0.15) is 5.26 Å². The summed E-state index contributed by atoms with van der Waals surface area (Å²) in [5.74, 6) is 2.35. The number of hydrogen-bond donors (Lipinski definition) is 0. The standard InChI is InChI=1S/C20H18BrN5O.C20H18N6O/c1-24(2)19-22-23-20-25(12-6-9-14-7-4-3-5-8-14)18(27)16-13-15(21)10-11-17(16)26(19)20;1-13-4-9-17-16(10-13)18(27)25(12-15-7-5-14(11-21)6-8-15)20-23-22-19(24(2)3)26(17)20/h3-11,13H,12H2,1-2H3;4-10H,12H2,1-3H3. The van der Waals surface area contributed by atoms with Gasteiger partial charge in [0.1, 0.15) is 0 Å². The molecule has 0 fully saturated rings. The number of hydrogen-bond acceptors (Lipinski definition) is 9. The molecule has 8 aromatic rings. The van der Waals surface area contributed by atoms with E-state index in [0.717, 1.165) is 32.2 Å². The fraction of sp³-hybridized carbons (Fsp3) is 0.175. The number of aromatic nitrogens is 8. The number of halogens is 1. The normalized spacial score (nSPS) is 11.4. The maximum Gasteiger partial charge on any atom is 0.263 e. The van der Waals surface area contributed by atoms with Crippen LogP contribution in [0.4, 0.5) is 11.9 Å². The van der Waals surface area contributed by atoms with Gasteiger partial charge in [-0.1, -0.05) is 82.2 Å². The predicted molar refractivity (Wildman–Crippen MR) is 216 cm³/mol. The molecule has 0 aliphatic rings. The summed E-state index contributed by atoms with van der Waals surface area (Å²) in [5, 5.41) is 27.3. The second kappa shape index (κ2) is 14.8. The highest BCUT2D eigenvalue weighted by Crippen LogP contribution is 2.23. The molecule has 0 aliphatic heterocycles. The topological polar surface area (TPSA) is 135 Å². The molecule has 0 spiro atoms. The molecule has 0 N–H and O–H groups in total. The van der Waals surface area contributed by atoms with E-state index in [2.05, 4.69) is 42.4 Å². The van der Waals surface area contributed by atoms with Crippen molar-refractivity contribution in [2.45, 2.75) is 20.0 Å². The van der Waals surface area contributed by atoms with Crippen LogP contribution in [0.15, 0.2) is 111 Å². The lowest BCUT2D eigenvalue weighted by Crippen LogP contribution is -2.24. The van der Waals surface area contributed by atoms with Gasteiger partial charge in [0.25, 0.3) is 11.1 Å². The van der Waals surface area contributed by atoms with Crippen LogP contribution in [0.2, 0.25) is 0 Å². The minimum atomic E-state index is -0.108. The van der Waals surface area contributed by atoms with E-state index < -0.39 is 0 Å². The lowest BCUT2D eigenvalue weighted by Gasteiger charge is -2.14. The molecule has 0 radical (unpaired) electrons. The first kappa shape index (κ1) is 35.8. The molecule has 0 saturated carbocycles. The Kier molecular flexibility index (Phi) is 9.81. The number of rotatable bonds is 7. The summed E-state index contributed by atoms with van der Waals surface area (Å²) >= 11 is 3.46. The molecule has 0 bridgehead atoms. The van der Waals surface area contributed by atoms with Gasteiger partial charge in [-0.25, -0.2) is 8.80 Å². The molecule has 0 amide bonds. The Hall–Kier alpha value is -6.59. The first-order valence-corrected chi connectivity index (χ1v) is 17.9. The molecule has 54 heavy (non-hydrogen) atoms. The van der Waals surface area contributed by atoms with E-state index in [1.165, 1.54) is 0 Å². The molecule has 270 valence electrons. The van der Waals surface area contributed by atoms with Crippen molar-refractivity contribution in [1.29, 1.82) is 5.26 Å². The van der Waals surface area contributed by atoms with E-state index in [0.29, 0.717) is 52.9 Å². The molecule has 0 unspecified atom stereocenters. The zero-order valence-electron chi connectivity index (χ0n) is 30.3. The second-order valence-corrected chi connectivity index (χ2v) is 14.1. The Morgan fingerprint density at radius 1 is 0.722 bits per heavy atom. The summed E-state index contributed by atoms with van der Waals surface area (Å²) < 4.78 is 7.95. The van der Waals surface area contributed by atoms with E-state index in [9.17, 15) is 9.59 Å². The first-order valence-electron chi connectivity index (χ1n) is 17.1. The smallest absolute Gasteiger partial charge is 0.263 e. The highest BCUT2D eigenvalue weighted by atomic mass is 79.9. The van der Waals surface area contributed by atoms with Crippen LogP contribution < -0.4 is 20.9 Å². The Labute approximate surface area is 318 Å². The minimum Gasteiger partial charge on any atom is -0.347 e. The summed E-state index contributed by atoms with van der Waals surface area (Å²) in [4.78, 5) is 30.1. The number of anilines is 2. The van der Waals surface area contributed by atoms with Gasteiger partial charge in [0.2, 0.25) is 23.5 Å². The van der Waals surface area contributed by atoms with Crippen molar-refractivity contribution in [2.24, 2.45) is 0 Å². The van der Waals surface area contributed by atoms with Gasteiger partial charge < -0.3 is 9.80 Å². The Morgan fingerprint density at radius 2 is 1.30 bits per heavy atom. The van der Waals surface area contributed by atoms with Crippen LogP contribution >= 0.6 is 15.9 Å². The molecular formula is C40H36BrN11O2. The first-order chi connectivity index (χ1) is 26.0. The van der Waals surface area contributed by atoms with Gasteiger partial charge in [0, 0.05) is 39.2 Å². The van der Waals surface area contributed by atoms with Crippen molar-refractivity contribution in [1.82, 2.24) is 38.3 Å². The Bertz CT molecular complexity index is 2860. The molecule has 14 heteroatoms. The average Bonchev–Trinajstić information content (AvgIpc) is 3.82. The molecule has 4 aromatic carbocycles. The third kappa shape index (κ3) is 6.72. The molecule has 8 rings (SSSR count). The largest absolute Gasteiger partial charge is 0.347 e. The number of aryl methyl sites for hydroxylation is 1. The van der Waals surface area contributed by atoms with Crippen LogP contribution in [0.3, 0.4) is 0 Å². The lowest BCUT2D eigenvalue weighted by atomic mass is 10.1. The van der Waals surface area contributed by atoms with E-state index in [1.54, 1.807) is 21.3 Å². The van der Waals surface area contributed by atoms with Gasteiger partial charge in [-0.3, -0.25) is 18.7 Å². The molecule has 0 atom stereocenters. The van der Waals surface area contributed by atoms with Crippen molar-refractivity contribution in [2.75, 3.05) is 38.0 Å². The molecule has 0 saturated heterocycles. The maximum absolute atomic E-state index is 13.2. The quantitative estimate of drug-likeness (QED) is 0.193. The average molecular weight is 783 g/mol. The fourth-order valence-corrected chi connectivity index (χ4v) is 6.65. The Morgan fingerprint density at radius 3 is 1.91 bits per heavy atom. The van der Waals surface area contributed by atoms with Gasteiger partial charge in [0.15, 0.2) is 0 Å². The van der Waals surface area contributed by atoms with Crippen molar-refractivity contribution in [3.8, 4) is 6.07 Å². The lowest BCUT2D eigenvalue weighted by molar-refractivity contribution is 0.766. The second-order valence-electron chi connectivity index (χ2n) is 13.2. The van der Waals surface area contributed by atoms with Crippen LogP contribution in [0.5, 0.6) is 0 Å². The summed E-state index contributed by atoms with van der Waals surface area (Å²) in [7, 11) is 7.61. The van der Waals surface area contributed by atoms with Gasteiger partial charge in [-0.15, -0.1) is 20.4 Å². The molecule has 4 aromatic heterocycles. The highest BCUT2D eigenvalue weighted by Gasteiger charge is 2.19. The maximum atomic E-state index is 13.2. The van der Waals surface area contributed by atoms with Crippen LogP contribution in [0, 0.1) is 18.3 Å². The number of nitriles is 1. The number of nitrogens with zero attached hydrogens (tertiary/aromatic N) is 11. The zero-order valence-corrected chi connectivity index (χ0v) is 31.9. The van der Waals surface area contributed by atoms with Crippen LogP contribution in [0.25, 0.3) is 39.4 Å². The third-order valence-corrected chi connectivity index (χ3v) is 9.40. The van der Waals surface area contributed by atoms with E-state index >= 15 is 0 Å². The van der Waals surface area contributed by atoms with Gasteiger partial charge in [0.05, 0.1) is 40.0 Å². The summed E-state index contributed by atoms with van der Waals surface area (Å²) in [6, 6.07) is 30.8. The van der Waals surface area contributed by atoms with E-state index in [-0.39, 0.29) is 11.1 Å². The SMILES string of the molecule is CN(C)c1nnc2n(CC=Cc3ccccc3)c(=O)c3cc(Br)ccc3n12.Cc1ccc2c(c1)c(=O)n(Cc1ccc(C#N)cc1)c1nnc(N(C)C)n21. The molecule has 4 heterocycles. The summed E-state index contributed by atoms with van der Waals surface area (Å²) in [5.41, 5.74) is 4.98. The fourth-order valence-electron chi connectivity index (χ4n) is 6.29. The van der Waals surface area contributed by atoms with Crippen molar-refractivity contribution in [3.05, 3.63) is 145 Å². The molecule has 13 nitrogen and oxygen atoms in total. The predicted octanol–water partition coefficient (Wildman–Crippen LogP) is 5.92. The zero-order chi connectivity index (χ0) is 38.1. The van der Waals surface area contributed by atoms with Crippen LogP contribution in [-0.2, 0) is 13.1 Å². The summed E-state index contributed by atoms with van der Waals surface area (Å²) in [6.45, 7) is 2.72. The number of benzene rings is 4.